The number of nitrogens with one attached hydrogen (secondary N) is 1. The Morgan fingerprint density at radius 2 is 2.47 bits per heavy atom. The third kappa shape index (κ3) is 3.06. The zero-order chi connectivity index (χ0) is 12.3. The molecule has 0 saturated heterocycles. The molecule has 2 unspecified atom stereocenters. The highest BCUT2D eigenvalue weighted by atomic mass is 32.1. The minimum Gasteiger partial charge on any atom is -0.477 e. The molecule has 0 spiro atoms. The van der Waals surface area contributed by atoms with E-state index in [1.807, 2.05) is 11.4 Å². The van der Waals surface area contributed by atoms with Gasteiger partial charge in [0.05, 0.1) is 6.10 Å². The van der Waals surface area contributed by atoms with Crippen molar-refractivity contribution in [2.45, 2.75) is 38.0 Å². The molecular formula is C12H17NO3S. The highest BCUT2D eigenvalue weighted by Crippen LogP contribution is 2.23. The molecule has 0 aromatic carbocycles. The minimum absolute atomic E-state index is 0.355. The van der Waals surface area contributed by atoms with Crippen LogP contribution < -0.4 is 5.32 Å². The zero-order valence-corrected chi connectivity index (χ0v) is 10.6. The Morgan fingerprint density at radius 3 is 3.12 bits per heavy atom. The summed E-state index contributed by atoms with van der Waals surface area (Å²) in [6.45, 7) is 0.631. The molecule has 1 heterocycles. The van der Waals surface area contributed by atoms with Crippen LogP contribution >= 0.6 is 11.3 Å². The Morgan fingerprint density at radius 1 is 1.65 bits per heavy atom. The van der Waals surface area contributed by atoms with E-state index >= 15 is 0 Å². The molecule has 1 aromatic rings. The second-order valence-electron chi connectivity index (χ2n) is 4.33. The van der Waals surface area contributed by atoms with Crippen molar-refractivity contribution < 1.29 is 14.6 Å². The molecule has 1 aliphatic rings. The quantitative estimate of drug-likeness (QED) is 0.846. The van der Waals surface area contributed by atoms with E-state index in [0.29, 0.717) is 23.6 Å². The van der Waals surface area contributed by atoms with Crippen LogP contribution in [-0.2, 0) is 11.3 Å². The predicted octanol–water partition coefficient (Wildman–Crippen LogP) is 2.10. The number of aromatic carboxylic acids is 1. The average molecular weight is 255 g/mol. The van der Waals surface area contributed by atoms with Crippen molar-refractivity contribution in [1.29, 1.82) is 0 Å². The summed E-state index contributed by atoms with van der Waals surface area (Å²) in [5, 5.41) is 14.2. The molecule has 94 valence electrons. The van der Waals surface area contributed by atoms with Gasteiger partial charge in [0, 0.05) is 19.7 Å². The summed E-state index contributed by atoms with van der Waals surface area (Å²) in [4.78, 5) is 11.4. The van der Waals surface area contributed by atoms with E-state index < -0.39 is 5.97 Å². The van der Waals surface area contributed by atoms with E-state index in [1.165, 1.54) is 11.3 Å². The minimum atomic E-state index is -0.835. The largest absolute Gasteiger partial charge is 0.477 e. The van der Waals surface area contributed by atoms with Gasteiger partial charge in [-0.15, -0.1) is 11.3 Å². The highest BCUT2D eigenvalue weighted by molar-refractivity contribution is 7.12. The fourth-order valence-electron chi connectivity index (χ4n) is 2.26. The molecule has 4 nitrogen and oxygen atoms in total. The number of thiophene rings is 1. The van der Waals surface area contributed by atoms with Crippen LogP contribution in [0.15, 0.2) is 11.4 Å². The van der Waals surface area contributed by atoms with Crippen LogP contribution in [0.2, 0.25) is 0 Å². The molecule has 0 radical (unpaired) electrons. The van der Waals surface area contributed by atoms with Crippen molar-refractivity contribution in [1.82, 2.24) is 5.32 Å². The number of hydrogen-bond donors (Lipinski definition) is 2. The summed E-state index contributed by atoms with van der Waals surface area (Å²) in [6.07, 6.45) is 3.56. The number of carboxylic acid groups (broad SMARTS) is 1. The lowest BCUT2D eigenvalue weighted by Crippen LogP contribution is -2.27. The fraction of sp³-hybridized carbons (Fsp3) is 0.583. The second kappa shape index (κ2) is 5.62. The van der Waals surface area contributed by atoms with Crippen molar-refractivity contribution in [2.24, 2.45) is 0 Å². The number of ether oxygens (including phenoxy) is 1. The summed E-state index contributed by atoms with van der Waals surface area (Å²) in [5.74, 6) is -0.835. The first-order chi connectivity index (χ1) is 8.20. The van der Waals surface area contributed by atoms with E-state index in [9.17, 15) is 4.79 Å². The molecule has 2 rings (SSSR count). The number of rotatable bonds is 5. The Bertz CT molecular complexity index is 391. The number of carboxylic acids is 1. The molecule has 1 aliphatic carbocycles. The monoisotopic (exact) mass is 255 g/mol. The van der Waals surface area contributed by atoms with Gasteiger partial charge in [-0.1, -0.05) is 0 Å². The van der Waals surface area contributed by atoms with Crippen LogP contribution in [0, 0.1) is 0 Å². The third-order valence-corrected chi connectivity index (χ3v) is 4.18. The molecule has 2 atom stereocenters. The SMILES string of the molecule is COC1CCC(NCc2ccsc2C(=O)O)C1. The van der Waals surface area contributed by atoms with Crippen molar-refractivity contribution >= 4 is 17.3 Å². The summed E-state index contributed by atoms with van der Waals surface area (Å²) in [6, 6.07) is 2.32. The normalized spacial score (nSPS) is 24.1. The molecule has 17 heavy (non-hydrogen) atoms. The van der Waals surface area contributed by atoms with Crippen molar-refractivity contribution in [3.05, 3.63) is 21.9 Å². The van der Waals surface area contributed by atoms with E-state index in [2.05, 4.69) is 5.32 Å². The lowest BCUT2D eigenvalue weighted by Gasteiger charge is -2.12. The molecule has 2 N–H and O–H groups in total. The van der Waals surface area contributed by atoms with Crippen LogP contribution in [0.4, 0.5) is 0 Å². The van der Waals surface area contributed by atoms with Gasteiger partial charge in [-0.3, -0.25) is 0 Å². The van der Waals surface area contributed by atoms with Crippen LogP contribution in [-0.4, -0.2) is 30.3 Å². The van der Waals surface area contributed by atoms with Gasteiger partial charge in [0.2, 0.25) is 0 Å². The average Bonchev–Trinajstić information content (AvgIpc) is 2.95. The van der Waals surface area contributed by atoms with Gasteiger partial charge in [0.25, 0.3) is 0 Å². The van der Waals surface area contributed by atoms with Gasteiger partial charge >= 0.3 is 5.97 Å². The topological polar surface area (TPSA) is 58.6 Å². The molecule has 0 amide bonds. The van der Waals surface area contributed by atoms with E-state index in [0.717, 1.165) is 24.8 Å². The van der Waals surface area contributed by atoms with Crippen LogP contribution in [0.25, 0.3) is 0 Å². The maximum Gasteiger partial charge on any atom is 0.346 e. The first-order valence-electron chi connectivity index (χ1n) is 5.76. The zero-order valence-electron chi connectivity index (χ0n) is 9.81. The standard InChI is InChI=1S/C12H17NO3S/c1-16-10-3-2-9(6-10)13-7-8-4-5-17-11(8)12(14)15/h4-5,9-10,13H,2-3,6-7H2,1H3,(H,14,15). The molecular weight excluding hydrogens is 238 g/mol. The van der Waals surface area contributed by atoms with E-state index in [-0.39, 0.29) is 0 Å². The maximum atomic E-state index is 10.9. The van der Waals surface area contributed by atoms with Gasteiger partial charge in [0.15, 0.2) is 0 Å². The molecule has 1 aromatic heterocycles. The summed E-state index contributed by atoms with van der Waals surface area (Å²) in [7, 11) is 1.74. The van der Waals surface area contributed by atoms with Gasteiger partial charge in [-0.05, 0) is 36.3 Å². The van der Waals surface area contributed by atoms with Gasteiger partial charge < -0.3 is 15.2 Å². The second-order valence-corrected chi connectivity index (χ2v) is 5.24. The summed E-state index contributed by atoms with van der Waals surface area (Å²) in [5.41, 5.74) is 0.878. The maximum absolute atomic E-state index is 10.9. The first kappa shape index (κ1) is 12.5. The van der Waals surface area contributed by atoms with Crippen LogP contribution in [0.3, 0.4) is 0 Å². The van der Waals surface area contributed by atoms with Gasteiger partial charge in [0.1, 0.15) is 4.88 Å². The predicted molar refractivity (Wildman–Crippen MR) is 66.6 cm³/mol. The van der Waals surface area contributed by atoms with Crippen molar-refractivity contribution in [2.75, 3.05) is 7.11 Å². The molecule has 5 heteroatoms. The summed E-state index contributed by atoms with van der Waals surface area (Å²) >= 11 is 1.28. The number of methoxy groups -OCH3 is 1. The molecule has 1 saturated carbocycles. The van der Waals surface area contributed by atoms with Crippen molar-refractivity contribution in [3.63, 3.8) is 0 Å². The Labute approximate surface area is 105 Å². The first-order valence-corrected chi connectivity index (χ1v) is 6.64. The number of carbonyl (C=O) groups is 1. The van der Waals surface area contributed by atoms with Gasteiger partial charge in [-0.2, -0.15) is 0 Å². The van der Waals surface area contributed by atoms with Gasteiger partial charge in [-0.25, -0.2) is 4.79 Å². The molecule has 1 fully saturated rings. The Hall–Kier alpha value is -0.910. The number of hydrogen-bond acceptors (Lipinski definition) is 4. The highest BCUT2D eigenvalue weighted by Gasteiger charge is 2.24. The third-order valence-electron chi connectivity index (χ3n) is 3.24. The lowest BCUT2D eigenvalue weighted by molar-refractivity contribution is 0.0700. The van der Waals surface area contributed by atoms with E-state index in [4.69, 9.17) is 9.84 Å². The van der Waals surface area contributed by atoms with Crippen LogP contribution in [0.1, 0.15) is 34.5 Å². The smallest absolute Gasteiger partial charge is 0.346 e. The Balaban J connectivity index is 1.86. The van der Waals surface area contributed by atoms with E-state index in [1.54, 1.807) is 7.11 Å². The lowest BCUT2D eigenvalue weighted by atomic mass is 10.2. The molecule has 0 bridgehead atoms. The van der Waals surface area contributed by atoms with Crippen molar-refractivity contribution in [3.8, 4) is 0 Å². The molecule has 0 aliphatic heterocycles. The fourth-order valence-corrected chi connectivity index (χ4v) is 3.02. The summed E-state index contributed by atoms with van der Waals surface area (Å²) < 4.78 is 5.31. The Kier molecular flexibility index (Phi) is 4.15. The van der Waals surface area contributed by atoms with Crippen LogP contribution in [0.5, 0.6) is 0 Å².